The number of hydrogen-bond donors (Lipinski definition) is 1. The maximum absolute atomic E-state index is 10.5. The first kappa shape index (κ1) is 8.69. The minimum absolute atomic E-state index is 0.840. The van der Waals surface area contributed by atoms with E-state index in [4.69, 9.17) is 0 Å². The smallest absolute Gasteiger partial charge is 0.113 e. The highest BCUT2D eigenvalue weighted by molar-refractivity contribution is 5.79. The van der Waals surface area contributed by atoms with Crippen LogP contribution in [0.25, 0.3) is 11.1 Å². The second kappa shape index (κ2) is 2.71. The molecule has 1 N–H and O–H groups in total. The van der Waals surface area contributed by atoms with Crippen molar-refractivity contribution >= 4 is 0 Å². The largest absolute Gasteiger partial charge is 0.381 e. The van der Waals surface area contributed by atoms with Crippen molar-refractivity contribution in [3.05, 3.63) is 59.7 Å². The van der Waals surface area contributed by atoms with E-state index in [1.165, 1.54) is 0 Å². The van der Waals surface area contributed by atoms with Crippen LogP contribution in [0.4, 0.5) is 0 Å². The highest BCUT2D eigenvalue weighted by atomic mass is 16.3. The van der Waals surface area contributed by atoms with Crippen molar-refractivity contribution in [3.63, 3.8) is 0 Å². The molecule has 0 saturated carbocycles. The molecule has 74 valence electrons. The van der Waals surface area contributed by atoms with Crippen molar-refractivity contribution < 1.29 is 5.11 Å². The van der Waals surface area contributed by atoms with E-state index >= 15 is 0 Å². The van der Waals surface area contributed by atoms with Crippen LogP contribution >= 0.6 is 0 Å². The van der Waals surface area contributed by atoms with Crippen molar-refractivity contribution in [2.24, 2.45) is 0 Å². The summed E-state index contributed by atoms with van der Waals surface area (Å²) in [5.74, 6) is 0. The van der Waals surface area contributed by atoms with Gasteiger partial charge in [0.1, 0.15) is 5.60 Å². The Hall–Kier alpha value is -1.60. The lowest BCUT2D eigenvalue weighted by atomic mass is 9.94. The molecule has 0 aromatic heterocycles. The van der Waals surface area contributed by atoms with Crippen molar-refractivity contribution in [2.75, 3.05) is 0 Å². The number of fused-ring (bicyclic) bond motifs is 3. The average Bonchev–Trinajstić information content (AvgIpc) is 2.51. The molecule has 0 aliphatic heterocycles. The van der Waals surface area contributed by atoms with Gasteiger partial charge >= 0.3 is 0 Å². The van der Waals surface area contributed by atoms with Crippen LogP contribution in [-0.4, -0.2) is 5.11 Å². The Labute approximate surface area is 89.0 Å². The highest BCUT2D eigenvalue weighted by Crippen LogP contribution is 2.46. The van der Waals surface area contributed by atoms with E-state index in [1.807, 2.05) is 43.3 Å². The molecule has 0 unspecified atom stereocenters. The number of benzene rings is 2. The van der Waals surface area contributed by atoms with Crippen LogP contribution in [0.1, 0.15) is 18.1 Å². The molecule has 2 aromatic rings. The summed E-state index contributed by atoms with van der Waals surface area (Å²) in [6.07, 6.45) is 0. The lowest BCUT2D eigenvalue weighted by Crippen LogP contribution is -2.18. The van der Waals surface area contributed by atoms with Crippen LogP contribution in [0.3, 0.4) is 0 Å². The van der Waals surface area contributed by atoms with Crippen LogP contribution in [0, 0.1) is 0 Å². The van der Waals surface area contributed by atoms with Crippen molar-refractivity contribution in [1.29, 1.82) is 0 Å². The van der Waals surface area contributed by atoms with E-state index in [-0.39, 0.29) is 0 Å². The summed E-state index contributed by atoms with van der Waals surface area (Å²) in [7, 11) is 0. The van der Waals surface area contributed by atoms with Gasteiger partial charge in [-0.3, -0.25) is 0 Å². The third-order valence-corrected chi connectivity index (χ3v) is 3.19. The molecular formula is C14H12O. The molecule has 0 radical (unpaired) electrons. The van der Waals surface area contributed by atoms with Gasteiger partial charge in [0.25, 0.3) is 0 Å². The molecule has 1 nitrogen and oxygen atoms in total. The summed E-state index contributed by atoms with van der Waals surface area (Å²) in [5.41, 5.74) is 3.47. The molecule has 0 heterocycles. The molecule has 0 bridgehead atoms. The van der Waals surface area contributed by atoms with E-state index in [1.54, 1.807) is 0 Å². The minimum atomic E-state index is -0.840. The average molecular weight is 196 g/mol. The third-order valence-electron chi connectivity index (χ3n) is 3.19. The Bertz CT molecular complexity index is 479. The second-order valence-electron chi connectivity index (χ2n) is 4.16. The lowest BCUT2D eigenvalue weighted by molar-refractivity contribution is 0.107. The third kappa shape index (κ3) is 1.01. The summed E-state index contributed by atoms with van der Waals surface area (Å²) < 4.78 is 0. The Balaban J connectivity index is 2.42. The van der Waals surface area contributed by atoms with Crippen molar-refractivity contribution in [1.82, 2.24) is 0 Å². The summed E-state index contributed by atoms with van der Waals surface area (Å²) in [5, 5.41) is 10.5. The summed E-state index contributed by atoms with van der Waals surface area (Å²) in [4.78, 5) is 0. The van der Waals surface area contributed by atoms with E-state index in [0.717, 1.165) is 22.3 Å². The van der Waals surface area contributed by atoms with Gasteiger partial charge in [0.15, 0.2) is 0 Å². The van der Waals surface area contributed by atoms with Gasteiger partial charge in [-0.25, -0.2) is 0 Å². The lowest BCUT2D eigenvalue weighted by Gasteiger charge is -2.19. The molecule has 1 aliphatic carbocycles. The van der Waals surface area contributed by atoms with Crippen LogP contribution in [0.5, 0.6) is 0 Å². The first-order valence-corrected chi connectivity index (χ1v) is 5.13. The topological polar surface area (TPSA) is 20.2 Å². The zero-order chi connectivity index (χ0) is 10.5. The molecule has 0 fully saturated rings. The van der Waals surface area contributed by atoms with Crippen LogP contribution in [-0.2, 0) is 5.60 Å². The van der Waals surface area contributed by atoms with Gasteiger partial charge in [-0.05, 0) is 29.2 Å². The van der Waals surface area contributed by atoms with Gasteiger partial charge < -0.3 is 5.11 Å². The van der Waals surface area contributed by atoms with Gasteiger partial charge in [-0.2, -0.15) is 0 Å². The quantitative estimate of drug-likeness (QED) is 0.686. The molecule has 3 rings (SSSR count). The van der Waals surface area contributed by atoms with E-state index in [9.17, 15) is 5.11 Å². The minimum Gasteiger partial charge on any atom is -0.381 e. The molecule has 1 heteroatoms. The van der Waals surface area contributed by atoms with Gasteiger partial charge in [0, 0.05) is 0 Å². The fraction of sp³-hybridized carbons (Fsp3) is 0.143. The monoisotopic (exact) mass is 196 g/mol. The molecule has 0 amide bonds. The molecule has 0 atom stereocenters. The van der Waals surface area contributed by atoms with Gasteiger partial charge in [0.2, 0.25) is 0 Å². The van der Waals surface area contributed by atoms with Gasteiger partial charge in [0.05, 0.1) is 0 Å². The maximum atomic E-state index is 10.5. The maximum Gasteiger partial charge on any atom is 0.113 e. The number of rotatable bonds is 0. The normalized spacial score (nSPS) is 15.9. The molecule has 1 aliphatic rings. The van der Waals surface area contributed by atoms with E-state index in [0.29, 0.717) is 0 Å². The fourth-order valence-electron chi connectivity index (χ4n) is 2.43. The first-order chi connectivity index (χ1) is 7.21. The van der Waals surface area contributed by atoms with Crippen LogP contribution in [0.15, 0.2) is 48.5 Å². The Morgan fingerprint density at radius 2 is 1.20 bits per heavy atom. The summed E-state index contributed by atoms with van der Waals surface area (Å²) >= 11 is 0. The van der Waals surface area contributed by atoms with E-state index in [2.05, 4.69) is 12.1 Å². The Morgan fingerprint density at radius 1 is 0.800 bits per heavy atom. The van der Waals surface area contributed by atoms with Gasteiger partial charge in [-0.1, -0.05) is 48.5 Å². The second-order valence-corrected chi connectivity index (χ2v) is 4.16. The Kier molecular flexibility index (Phi) is 1.57. The number of aliphatic hydroxyl groups is 1. The zero-order valence-electron chi connectivity index (χ0n) is 8.57. The van der Waals surface area contributed by atoms with Crippen molar-refractivity contribution in [3.8, 4) is 11.1 Å². The van der Waals surface area contributed by atoms with Gasteiger partial charge in [-0.15, -0.1) is 0 Å². The first-order valence-electron chi connectivity index (χ1n) is 5.13. The Morgan fingerprint density at radius 3 is 1.67 bits per heavy atom. The van der Waals surface area contributed by atoms with Crippen LogP contribution < -0.4 is 0 Å². The predicted molar refractivity (Wildman–Crippen MR) is 60.6 cm³/mol. The SMILES string of the molecule is CC1(O)c2ccccc2-c2ccccc21. The highest BCUT2D eigenvalue weighted by Gasteiger charge is 2.36. The van der Waals surface area contributed by atoms with Crippen LogP contribution in [0.2, 0.25) is 0 Å². The molecule has 0 saturated heterocycles. The zero-order valence-corrected chi connectivity index (χ0v) is 8.57. The predicted octanol–water partition coefficient (Wildman–Crippen LogP) is 2.92. The summed E-state index contributed by atoms with van der Waals surface area (Å²) in [6.45, 7) is 1.86. The van der Waals surface area contributed by atoms with Crippen molar-refractivity contribution in [2.45, 2.75) is 12.5 Å². The molecule has 15 heavy (non-hydrogen) atoms. The molecular weight excluding hydrogens is 184 g/mol. The molecule has 0 spiro atoms. The molecule has 2 aromatic carbocycles. The fourth-order valence-corrected chi connectivity index (χ4v) is 2.43. The summed E-state index contributed by atoms with van der Waals surface area (Å²) in [6, 6.07) is 16.1. The number of hydrogen-bond acceptors (Lipinski definition) is 1. The standard InChI is InChI=1S/C14H12O/c1-14(15)12-8-4-2-6-10(12)11-7-3-5-9-13(11)14/h2-9,15H,1H3. The van der Waals surface area contributed by atoms with E-state index < -0.39 is 5.60 Å².